The summed E-state index contributed by atoms with van der Waals surface area (Å²) in [6.07, 6.45) is 5.38. The topological polar surface area (TPSA) is 100 Å². The zero-order chi connectivity index (χ0) is 28.0. The van der Waals surface area contributed by atoms with Crippen LogP contribution in [0.25, 0.3) is 0 Å². The highest BCUT2D eigenvalue weighted by Crippen LogP contribution is 2.19. The smallest absolute Gasteiger partial charge is 0.332 e. The van der Waals surface area contributed by atoms with Crippen molar-refractivity contribution in [2.45, 2.75) is 66.6 Å². The number of ketones is 1. The van der Waals surface area contributed by atoms with Gasteiger partial charge in [0.05, 0.1) is 18.2 Å². The second kappa shape index (κ2) is 16.1. The molecular formula is C29H41N5O3. The van der Waals surface area contributed by atoms with Gasteiger partial charge in [-0.25, -0.2) is 4.79 Å². The molecule has 0 radical (unpaired) electrons. The number of piperidine rings is 1. The van der Waals surface area contributed by atoms with E-state index in [0.29, 0.717) is 30.5 Å². The predicted octanol–water partition coefficient (Wildman–Crippen LogP) is 3.87. The molecule has 0 amide bonds. The number of nitriles is 1. The molecule has 37 heavy (non-hydrogen) atoms. The summed E-state index contributed by atoms with van der Waals surface area (Å²) in [5.41, 5.74) is 1.58. The minimum absolute atomic E-state index is 0.102. The number of aromatic nitrogens is 2. The first-order valence-corrected chi connectivity index (χ1v) is 12.8. The molecule has 0 bridgehead atoms. The van der Waals surface area contributed by atoms with Crippen LogP contribution in [-0.4, -0.2) is 41.1 Å². The molecule has 1 aliphatic rings. The highest BCUT2D eigenvalue weighted by atomic mass is 16.2. The van der Waals surface area contributed by atoms with Crippen molar-refractivity contribution in [3.05, 3.63) is 86.6 Å². The number of carbonyl (C=O) groups is 1. The molecule has 8 heteroatoms. The Bertz CT molecular complexity index is 1230. The van der Waals surface area contributed by atoms with E-state index in [1.165, 1.54) is 11.5 Å². The van der Waals surface area contributed by atoms with Crippen LogP contribution in [0.4, 0.5) is 5.82 Å². The number of hydrogen-bond donors (Lipinski definition) is 1. The Morgan fingerprint density at radius 3 is 2.46 bits per heavy atom. The Balaban J connectivity index is 0.000000586. The number of carbonyl (C=O) groups excluding carboxylic acids is 1. The highest BCUT2D eigenvalue weighted by molar-refractivity contribution is 5.92. The lowest BCUT2D eigenvalue weighted by Crippen LogP contribution is -2.48. The molecule has 0 spiro atoms. The van der Waals surface area contributed by atoms with Gasteiger partial charge >= 0.3 is 5.69 Å². The van der Waals surface area contributed by atoms with Crippen LogP contribution in [0.1, 0.15) is 58.6 Å². The molecule has 1 saturated heterocycles. The Morgan fingerprint density at radius 2 is 1.92 bits per heavy atom. The van der Waals surface area contributed by atoms with E-state index in [2.05, 4.69) is 22.9 Å². The third-order valence-corrected chi connectivity index (χ3v) is 6.05. The number of allylic oxidation sites excluding steroid dienone is 3. The summed E-state index contributed by atoms with van der Waals surface area (Å²) in [6, 6.07) is 11.3. The molecule has 1 aromatic carbocycles. The lowest BCUT2D eigenvalue weighted by atomic mass is 10.1. The summed E-state index contributed by atoms with van der Waals surface area (Å²) < 4.78 is 2.90. The third-order valence-electron chi connectivity index (χ3n) is 6.05. The van der Waals surface area contributed by atoms with E-state index in [1.54, 1.807) is 48.8 Å². The van der Waals surface area contributed by atoms with Crippen LogP contribution < -0.4 is 21.5 Å². The summed E-state index contributed by atoms with van der Waals surface area (Å²) in [5, 5.41) is 12.4. The van der Waals surface area contributed by atoms with E-state index in [4.69, 9.17) is 5.26 Å². The number of nitrogens with one attached hydrogen (secondary N) is 1. The fraction of sp³-hybridized carbons (Fsp3) is 0.448. The van der Waals surface area contributed by atoms with Crippen LogP contribution in [0.2, 0.25) is 0 Å². The van der Waals surface area contributed by atoms with Gasteiger partial charge in [0.25, 0.3) is 5.56 Å². The minimum atomic E-state index is -0.311. The quantitative estimate of drug-likeness (QED) is 0.451. The first kappa shape index (κ1) is 31.3. The number of benzene rings is 1. The van der Waals surface area contributed by atoms with E-state index in [-0.39, 0.29) is 17.0 Å². The number of hydrogen-bond acceptors (Lipinski definition) is 6. The molecule has 8 nitrogen and oxygen atoms in total. The van der Waals surface area contributed by atoms with Crippen molar-refractivity contribution < 1.29 is 4.79 Å². The minimum Gasteiger partial charge on any atom is -0.356 e. The van der Waals surface area contributed by atoms with Gasteiger partial charge in [0, 0.05) is 31.7 Å². The molecule has 2 heterocycles. The van der Waals surface area contributed by atoms with Gasteiger partial charge in [-0.05, 0) is 63.9 Å². The predicted molar refractivity (Wildman–Crippen MR) is 151 cm³/mol. The number of Topliss-reactive ketones (excluding diaryl/α,β-unsaturated/α-hetero) is 1. The SMILES string of the molecule is C=C/C=C(\C)C(C)=O.CC.CCn1c(=O)cc(N2CCC[C@@H](NC)C2)n(Cc2cccc(C#N)c2)c1=O. The fourth-order valence-electron chi connectivity index (χ4n) is 3.94. The Kier molecular flexibility index (Phi) is 13.7. The van der Waals surface area contributed by atoms with Crippen molar-refractivity contribution in [3.63, 3.8) is 0 Å². The number of rotatable bonds is 7. The van der Waals surface area contributed by atoms with Crippen molar-refractivity contribution in [2.24, 2.45) is 0 Å². The number of nitrogens with zero attached hydrogens (tertiary/aromatic N) is 4. The molecule has 1 atom stereocenters. The molecule has 2 aromatic rings. The van der Waals surface area contributed by atoms with Gasteiger partial charge < -0.3 is 10.2 Å². The first-order chi connectivity index (χ1) is 17.7. The zero-order valence-corrected chi connectivity index (χ0v) is 23.1. The molecule has 200 valence electrons. The molecule has 0 aliphatic carbocycles. The van der Waals surface area contributed by atoms with E-state index in [0.717, 1.165) is 37.1 Å². The molecule has 3 rings (SSSR count). The first-order valence-electron chi connectivity index (χ1n) is 12.8. The van der Waals surface area contributed by atoms with Crippen molar-refractivity contribution in [1.82, 2.24) is 14.5 Å². The standard InChI is InChI=1S/C20H25N5O2.C7H10O.C2H6/c1-3-24-19(26)11-18(23-9-5-8-17(14-23)22-2)25(20(24)27)13-16-7-4-6-15(10-16)12-21;1-4-5-6(2)7(3)8;1-2/h4,6-7,10-11,17,22H,3,5,8-9,13-14H2,1-2H3;4-5H,1H2,2-3H3;1-2H3/b;6-5+;/t17-;;/m1../s1. The van der Waals surface area contributed by atoms with Gasteiger partial charge in [-0.1, -0.05) is 44.7 Å². The number of likely N-dealkylation sites (N-methyl/N-ethyl adjacent to an activating group) is 1. The molecular weight excluding hydrogens is 466 g/mol. The van der Waals surface area contributed by atoms with E-state index >= 15 is 0 Å². The van der Waals surface area contributed by atoms with E-state index < -0.39 is 0 Å². The zero-order valence-electron chi connectivity index (χ0n) is 23.1. The maximum Gasteiger partial charge on any atom is 0.332 e. The molecule has 0 saturated carbocycles. The lowest BCUT2D eigenvalue weighted by molar-refractivity contribution is -0.113. The molecule has 1 N–H and O–H groups in total. The van der Waals surface area contributed by atoms with Crippen LogP contribution >= 0.6 is 0 Å². The summed E-state index contributed by atoms with van der Waals surface area (Å²) >= 11 is 0. The van der Waals surface area contributed by atoms with Gasteiger partial charge in [0.2, 0.25) is 0 Å². The van der Waals surface area contributed by atoms with Gasteiger partial charge in [0.15, 0.2) is 5.78 Å². The highest BCUT2D eigenvalue weighted by Gasteiger charge is 2.23. The average Bonchev–Trinajstić information content (AvgIpc) is 2.92. The third kappa shape index (κ3) is 9.03. The molecule has 1 aliphatic heterocycles. The normalized spacial score (nSPS) is 14.9. The Morgan fingerprint density at radius 1 is 1.22 bits per heavy atom. The molecule has 1 aromatic heterocycles. The Hall–Kier alpha value is -3.70. The van der Waals surface area contributed by atoms with Gasteiger partial charge in [-0.15, -0.1) is 0 Å². The second-order valence-electron chi connectivity index (χ2n) is 8.48. The van der Waals surface area contributed by atoms with Crippen molar-refractivity contribution in [3.8, 4) is 6.07 Å². The second-order valence-corrected chi connectivity index (χ2v) is 8.48. The van der Waals surface area contributed by atoms with Gasteiger partial charge in [0.1, 0.15) is 5.82 Å². The summed E-state index contributed by atoms with van der Waals surface area (Å²) in [4.78, 5) is 38.0. The van der Waals surface area contributed by atoms with E-state index in [9.17, 15) is 14.4 Å². The van der Waals surface area contributed by atoms with Gasteiger partial charge in [-0.3, -0.25) is 18.7 Å². The summed E-state index contributed by atoms with van der Waals surface area (Å²) in [7, 11) is 1.93. The average molecular weight is 508 g/mol. The largest absolute Gasteiger partial charge is 0.356 e. The maximum atomic E-state index is 13.0. The van der Waals surface area contributed by atoms with E-state index in [1.807, 2.05) is 33.0 Å². The maximum absolute atomic E-state index is 13.0. The number of anilines is 1. The van der Waals surface area contributed by atoms with Crippen LogP contribution in [0.15, 0.2) is 64.2 Å². The monoisotopic (exact) mass is 507 g/mol. The Labute approximate surface area is 220 Å². The summed E-state index contributed by atoms with van der Waals surface area (Å²) in [5.74, 6) is 0.752. The van der Waals surface area contributed by atoms with Crippen LogP contribution in [0.5, 0.6) is 0 Å². The fourth-order valence-corrected chi connectivity index (χ4v) is 3.94. The summed E-state index contributed by atoms with van der Waals surface area (Å²) in [6.45, 7) is 14.8. The van der Waals surface area contributed by atoms with Crippen molar-refractivity contribution >= 4 is 11.6 Å². The molecule has 1 fully saturated rings. The van der Waals surface area contributed by atoms with Crippen molar-refractivity contribution in [2.75, 3.05) is 25.0 Å². The lowest BCUT2D eigenvalue weighted by Gasteiger charge is -2.35. The van der Waals surface area contributed by atoms with Crippen LogP contribution in [0, 0.1) is 11.3 Å². The van der Waals surface area contributed by atoms with Crippen LogP contribution in [0.3, 0.4) is 0 Å². The van der Waals surface area contributed by atoms with Crippen LogP contribution in [-0.2, 0) is 17.9 Å². The van der Waals surface area contributed by atoms with Gasteiger partial charge in [-0.2, -0.15) is 5.26 Å². The molecule has 0 unspecified atom stereocenters. The van der Waals surface area contributed by atoms with Crippen molar-refractivity contribution in [1.29, 1.82) is 5.26 Å².